The maximum Gasteiger partial charge on any atom is 0.306 e. The molecule has 1 rings (SSSR count). The first-order valence-electron chi connectivity index (χ1n) is 19.1. The standard InChI is InChI=1S/C39H68O16/c1-7-8-9-10-11-12-13-16-32(46)55-37-35(49)34(48)30(23-42)53-38(37)54-31(39(6,50)18-14-15-24(2)3)20-29(52-26(5)43)25(4)17-19-51-36(28(45)22-41)33(47)27(44)21-40/h11-12,15,17,27-31,33-38,40-42,44-45,47-50H,7-10,13-14,16,18-23H2,1-6H3/b12-11-,25-17+/t27-,28-,29+,30-,31+,33-,34-,35+,36-,37+,38+,39-/m1/s1. The van der Waals surface area contributed by atoms with E-state index >= 15 is 0 Å². The normalized spacial score (nSPS) is 25.0. The quantitative estimate of drug-likeness (QED) is 0.0317. The molecule has 0 bridgehead atoms. The van der Waals surface area contributed by atoms with Gasteiger partial charge >= 0.3 is 11.9 Å². The summed E-state index contributed by atoms with van der Waals surface area (Å²) in [6, 6.07) is 0. The smallest absolute Gasteiger partial charge is 0.306 e. The van der Waals surface area contributed by atoms with E-state index in [1.807, 2.05) is 32.1 Å². The van der Waals surface area contributed by atoms with E-state index in [9.17, 15) is 55.5 Å². The Kier molecular flexibility index (Phi) is 24.5. The van der Waals surface area contributed by atoms with Gasteiger partial charge in [-0.1, -0.05) is 49.6 Å². The molecule has 1 aliphatic rings. The molecule has 16 heteroatoms. The Balaban J connectivity index is 3.46. The molecule has 0 radical (unpaired) electrons. The summed E-state index contributed by atoms with van der Waals surface area (Å²) in [5.74, 6) is -1.41. The van der Waals surface area contributed by atoms with Gasteiger partial charge in [0.2, 0.25) is 0 Å². The van der Waals surface area contributed by atoms with Crippen LogP contribution in [0.15, 0.2) is 35.5 Å². The highest BCUT2D eigenvalue weighted by molar-refractivity contribution is 5.69. The fourth-order valence-corrected chi connectivity index (χ4v) is 5.89. The second-order valence-electron chi connectivity index (χ2n) is 14.5. The fourth-order valence-electron chi connectivity index (χ4n) is 5.89. The molecular formula is C39H68O16. The SMILES string of the molecule is CCCCC/C=C\CCC(=O)O[C@@H]1[C@H](O[C@@H](C[C@H](OC(C)=O)/C(C)=C/CO[C@@H]([C@H](O)[C@H](O)CO)[C@H](O)CO)[C@](C)(O)CCC=C(C)C)O[C@H](CO)[C@@H](O)[C@@H]1O. The van der Waals surface area contributed by atoms with E-state index < -0.39 is 105 Å². The van der Waals surface area contributed by atoms with Gasteiger partial charge in [-0.05, 0) is 65.4 Å². The van der Waals surface area contributed by atoms with Crippen LogP contribution in [0.2, 0.25) is 0 Å². The average Bonchev–Trinajstić information content (AvgIpc) is 3.13. The van der Waals surface area contributed by atoms with Crippen molar-refractivity contribution in [3.63, 3.8) is 0 Å². The van der Waals surface area contributed by atoms with E-state index in [-0.39, 0.29) is 25.9 Å². The van der Waals surface area contributed by atoms with Crippen LogP contribution in [0.4, 0.5) is 0 Å². The Labute approximate surface area is 325 Å². The summed E-state index contributed by atoms with van der Waals surface area (Å²) in [4.78, 5) is 25.3. The molecule has 0 unspecified atom stereocenters. The van der Waals surface area contributed by atoms with Crippen LogP contribution < -0.4 is 0 Å². The molecule has 320 valence electrons. The molecule has 1 saturated heterocycles. The molecule has 0 aromatic rings. The average molecular weight is 793 g/mol. The van der Waals surface area contributed by atoms with Gasteiger partial charge in [0, 0.05) is 19.8 Å². The molecule has 0 aromatic heterocycles. The largest absolute Gasteiger partial charge is 0.458 e. The van der Waals surface area contributed by atoms with Gasteiger partial charge in [-0.25, -0.2) is 0 Å². The fraction of sp³-hybridized carbons (Fsp3) is 0.795. The van der Waals surface area contributed by atoms with Crippen molar-refractivity contribution in [1.29, 1.82) is 0 Å². The lowest BCUT2D eigenvalue weighted by Gasteiger charge is -2.44. The number of aliphatic hydroxyl groups excluding tert-OH is 8. The lowest BCUT2D eigenvalue weighted by atomic mass is 9.87. The molecule has 55 heavy (non-hydrogen) atoms. The maximum atomic E-state index is 13.0. The van der Waals surface area contributed by atoms with Gasteiger partial charge in [-0.3, -0.25) is 9.59 Å². The van der Waals surface area contributed by atoms with Crippen molar-refractivity contribution in [1.82, 2.24) is 0 Å². The molecule has 0 spiro atoms. The van der Waals surface area contributed by atoms with E-state index in [1.165, 1.54) is 19.9 Å². The van der Waals surface area contributed by atoms with Crippen molar-refractivity contribution >= 4 is 11.9 Å². The molecule has 0 aliphatic carbocycles. The van der Waals surface area contributed by atoms with Crippen LogP contribution in [0.5, 0.6) is 0 Å². The second kappa shape index (κ2) is 26.6. The van der Waals surface area contributed by atoms with Crippen LogP contribution in [0.25, 0.3) is 0 Å². The summed E-state index contributed by atoms with van der Waals surface area (Å²) in [5, 5.41) is 92.7. The number of ether oxygens (including phenoxy) is 5. The van der Waals surface area contributed by atoms with Crippen LogP contribution in [0.3, 0.4) is 0 Å². The zero-order valence-corrected chi connectivity index (χ0v) is 33.2. The third-order valence-corrected chi connectivity index (χ3v) is 9.37. The van der Waals surface area contributed by atoms with E-state index in [0.29, 0.717) is 18.4 Å². The number of aliphatic hydroxyl groups is 9. The predicted octanol–water partition coefficient (Wildman–Crippen LogP) is 0.857. The van der Waals surface area contributed by atoms with Gasteiger partial charge in [0.05, 0.1) is 38.1 Å². The summed E-state index contributed by atoms with van der Waals surface area (Å²) in [6.45, 7) is 7.41. The molecule has 9 N–H and O–H groups in total. The number of carbonyl (C=O) groups excluding carboxylic acids is 2. The van der Waals surface area contributed by atoms with E-state index in [2.05, 4.69) is 6.92 Å². The van der Waals surface area contributed by atoms with Crippen LogP contribution in [-0.2, 0) is 33.3 Å². The molecule has 0 amide bonds. The highest BCUT2D eigenvalue weighted by Crippen LogP contribution is 2.33. The Hall–Kier alpha value is -2.32. The maximum absolute atomic E-state index is 13.0. The molecular weight excluding hydrogens is 724 g/mol. The molecule has 12 atom stereocenters. The summed E-state index contributed by atoms with van der Waals surface area (Å²) >= 11 is 0. The topological polar surface area (TPSA) is 262 Å². The van der Waals surface area contributed by atoms with Crippen molar-refractivity contribution in [3.05, 3.63) is 35.5 Å². The van der Waals surface area contributed by atoms with E-state index in [1.54, 1.807) is 6.92 Å². The van der Waals surface area contributed by atoms with Gasteiger partial charge in [-0.15, -0.1) is 0 Å². The lowest BCUT2D eigenvalue weighted by Crippen LogP contribution is -2.62. The number of hydrogen-bond acceptors (Lipinski definition) is 16. The third-order valence-electron chi connectivity index (χ3n) is 9.37. The first-order chi connectivity index (χ1) is 25.9. The van der Waals surface area contributed by atoms with Gasteiger partial charge in [0.25, 0.3) is 0 Å². The number of rotatable bonds is 27. The van der Waals surface area contributed by atoms with Crippen molar-refractivity contribution < 1.29 is 79.2 Å². The summed E-state index contributed by atoms with van der Waals surface area (Å²) in [7, 11) is 0. The van der Waals surface area contributed by atoms with Gasteiger partial charge in [0.15, 0.2) is 12.4 Å². The minimum absolute atomic E-state index is 0.0453. The predicted molar refractivity (Wildman–Crippen MR) is 200 cm³/mol. The van der Waals surface area contributed by atoms with Gasteiger partial charge in [-0.2, -0.15) is 0 Å². The number of unbranched alkanes of at least 4 members (excludes halogenated alkanes) is 3. The number of carbonyl (C=O) groups is 2. The third kappa shape index (κ3) is 18.2. The number of hydrogen-bond donors (Lipinski definition) is 9. The molecule has 1 aliphatic heterocycles. The van der Waals surface area contributed by atoms with Gasteiger partial charge in [0.1, 0.15) is 48.8 Å². The lowest BCUT2D eigenvalue weighted by molar-refractivity contribution is -0.326. The summed E-state index contributed by atoms with van der Waals surface area (Å²) in [5.41, 5.74) is -0.331. The van der Waals surface area contributed by atoms with Crippen molar-refractivity contribution in [2.24, 2.45) is 0 Å². The zero-order valence-electron chi connectivity index (χ0n) is 33.2. The second-order valence-corrected chi connectivity index (χ2v) is 14.5. The zero-order chi connectivity index (χ0) is 41.7. The summed E-state index contributed by atoms with van der Waals surface area (Å²) < 4.78 is 28.9. The van der Waals surface area contributed by atoms with Gasteiger partial charge < -0.3 is 69.6 Å². The molecule has 0 aromatic carbocycles. The Morgan fingerprint density at radius 1 is 0.891 bits per heavy atom. The Morgan fingerprint density at radius 2 is 1.55 bits per heavy atom. The highest BCUT2D eigenvalue weighted by Gasteiger charge is 2.50. The Bertz CT molecular complexity index is 1180. The van der Waals surface area contributed by atoms with Crippen LogP contribution in [-0.4, -0.2) is 157 Å². The minimum Gasteiger partial charge on any atom is -0.458 e. The van der Waals surface area contributed by atoms with E-state index in [0.717, 1.165) is 31.3 Å². The first-order valence-corrected chi connectivity index (χ1v) is 19.1. The highest BCUT2D eigenvalue weighted by atomic mass is 16.7. The molecule has 16 nitrogen and oxygen atoms in total. The Morgan fingerprint density at radius 3 is 2.13 bits per heavy atom. The summed E-state index contributed by atoms with van der Waals surface area (Å²) in [6.07, 6.45) is -4.97. The van der Waals surface area contributed by atoms with Crippen molar-refractivity contribution in [2.75, 3.05) is 26.4 Å². The van der Waals surface area contributed by atoms with Crippen LogP contribution in [0.1, 0.15) is 99.3 Å². The van der Waals surface area contributed by atoms with Crippen LogP contribution >= 0.6 is 0 Å². The monoisotopic (exact) mass is 792 g/mol. The molecule has 0 saturated carbocycles. The minimum atomic E-state index is -1.76. The van der Waals surface area contributed by atoms with Crippen molar-refractivity contribution in [3.8, 4) is 0 Å². The number of esters is 2. The molecule has 1 fully saturated rings. The first kappa shape index (κ1) is 50.7. The van der Waals surface area contributed by atoms with E-state index in [4.69, 9.17) is 23.7 Å². The van der Waals surface area contributed by atoms with Crippen LogP contribution in [0, 0.1) is 0 Å². The number of allylic oxidation sites excluding steroid dienone is 4. The van der Waals surface area contributed by atoms with Crippen molar-refractivity contribution in [2.45, 2.75) is 172 Å². The molecule has 1 heterocycles.